The standard InChI is InChI=1S/C20H23FN2O3/c1-26-18-7-5-14(21)12-17(18)20(13-10-16(24)11-13)23-19(25)8-6-15-4-2-3-9-22-15/h2-5,7,9,12-13,16,20,24H,6,8,10-11H2,1H3,(H,23,25)/t13?,16?,20-/m0/s1. The average molecular weight is 358 g/mol. The van der Waals surface area contributed by atoms with E-state index in [1.165, 1.54) is 19.2 Å². The average Bonchev–Trinajstić information content (AvgIpc) is 2.63. The van der Waals surface area contributed by atoms with Crippen molar-refractivity contribution in [3.8, 4) is 5.75 Å². The van der Waals surface area contributed by atoms with Crippen molar-refractivity contribution >= 4 is 5.91 Å². The molecule has 1 aliphatic carbocycles. The van der Waals surface area contributed by atoms with Crippen molar-refractivity contribution < 1.29 is 19.0 Å². The van der Waals surface area contributed by atoms with Gasteiger partial charge in [-0.05, 0) is 55.5 Å². The van der Waals surface area contributed by atoms with Gasteiger partial charge >= 0.3 is 0 Å². The van der Waals surface area contributed by atoms with Gasteiger partial charge in [0, 0.05) is 23.9 Å². The quantitative estimate of drug-likeness (QED) is 0.798. The van der Waals surface area contributed by atoms with Crippen LogP contribution in [0.5, 0.6) is 5.75 Å². The zero-order valence-electron chi connectivity index (χ0n) is 14.7. The van der Waals surface area contributed by atoms with Crippen LogP contribution in [-0.4, -0.2) is 29.2 Å². The van der Waals surface area contributed by atoms with Gasteiger partial charge in [-0.3, -0.25) is 9.78 Å². The molecule has 0 saturated heterocycles. The van der Waals surface area contributed by atoms with Gasteiger partial charge in [0.15, 0.2) is 0 Å². The van der Waals surface area contributed by atoms with E-state index in [0.717, 1.165) is 5.69 Å². The van der Waals surface area contributed by atoms with Gasteiger partial charge in [-0.15, -0.1) is 0 Å². The Labute approximate surface area is 152 Å². The number of aryl methyl sites for hydroxylation is 1. The number of carbonyl (C=O) groups excluding carboxylic acids is 1. The SMILES string of the molecule is COc1ccc(F)cc1[C@@H](NC(=O)CCc1ccccn1)C1CC(O)C1. The van der Waals surface area contributed by atoms with Gasteiger partial charge in [0.25, 0.3) is 0 Å². The van der Waals surface area contributed by atoms with Crippen LogP contribution in [0.25, 0.3) is 0 Å². The Bertz CT molecular complexity index is 748. The minimum atomic E-state index is -0.389. The van der Waals surface area contributed by atoms with Crippen molar-refractivity contribution in [1.29, 1.82) is 0 Å². The van der Waals surface area contributed by atoms with Crippen LogP contribution in [0.2, 0.25) is 0 Å². The van der Waals surface area contributed by atoms with Crippen LogP contribution < -0.4 is 10.1 Å². The molecule has 0 unspecified atom stereocenters. The van der Waals surface area contributed by atoms with E-state index in [1.807, 2.05) is 18.2 Å². The van der Waals surface area contributed by atoms with Crippen LogP contribution in [0.4, 0.5) is 4.39 Å². The molecule has 138 valence electrons. The van der Waals surface area contributed by atoms with Gasteiger partial charge in [0.2, 0.25) is 5.91 Å². The predicted octanol–water partition coefficient (Wildman–Crippen LogP) is 2.79. The highest BCUT2D eigenvalue weighted by Crippen LogP contribution is 2.41. The predicted molar refractivity (Wildman–Crippen MR) is 95.1 cm³/mol. The molecule has 1 amide bonds. The number of rotatable bonds is 7. The molecule has 3 rings (SSSR count). The highest BCUT2D eigenvalue weighted by atomic mass is 19.1. The Morgan fingerprint density at radius 1 is 1.38 bits per heavy atom. The number of benzene rings is 1. The van der Waals surface area contributed by atoms with E-state index in [4.69, 9.17) is 4.74 Å². The largest absolute Gasteiger partial charge is 0.496 e. The molecule has 0 radical (unpaired) electrons. The van der Waals surface area contributed by atoms with E-state index in [1.54, 1.807) is 12.3 Å². The number of amides is 1. The summed E-state index contributed by atoms with van der Waals surface area (Å²) in [6, 6.07) is 9.50. The fourth-order valence-electron chi connectivity index (χ4n) is 3.33. The molecule has 2 aromatic rings. The molecule has 0 bridgehead atoms. The van der Waals surface area contributed by atoms with E-state index in [-0.39, 0.29) is 29.8 Å². The lowest BCUT2D eigenvalue weighted by atomic mass is 9.74. The van der Waals surface area contributed by atoms with E-state index >= 15 is 0 Å². The van der Waals surface area contributed by atoms with Gasteiger partial charge < -0.3 is 15.2 Å². The smallest absolute Gasteiger partial charge is 0.220 e. The van der Waals surface area contributed by atoms with Gasteiger partial charge in [-0.2, -0.15) is 0 Å². The number of methoxy groups -OCH3 is 1. The molecule has 2 N–H and O–H groups in total. The fourth-order valence-corrected chi connectivity index (χ4v) is 3.33. The lowest BCUT2D eigenvalue weighted by Gasteiger charge is -2.38. The summed E-state index contributed by atoms with van der Waals surface area (Å²) in [6.45, 7) is 0. The van der Waals surface area contributed by atoms with Crippen molar-refractivity contribution in [1.82, 2.24) is 10.3 Å². The van der Waals surface area contributed by atoms with Crippen molar-refractivity contribution in [2.24, 2.45) is 5.92 Å². The topological polar surface area (TPSA) is 71.5 Å². The van der Waals surface area contributed by atoms with Crippen molar-refractivity contribution in [2.45, 2.75) is 37.8 Å². The van der Waals surface area contributed by atoms with E-state index in [0.29, 0.717) is 37.0 Å². The Kier molecular flexibility index (Phi) is 5.83. The molecule has 1 aromatic heterocycles. The molecule has 1 saturated carbocycles. The molecule has 0 aliphatic heterocycles. The maximum atomic E-state index is 13.8. The van der Waals surface area contributed by atoms with Gasteiger partial charge in [-0.1, -0.05) is 6.07 Å². The lowest BCUT2D eigenvalue weighted by Crippen LogP contribution is -2.41. The zero-order valence-corrected chi connectivity index (χ0v) is 14.7. The summed E-state index contributed by atoms with van der Waals surface area (Å²) >= 11 is 0. The summed E-state index contributed by atoms with van der Waals surface area (Å²) in [4.78, 5) is 16.7. The number of hydrogen-bond donors (Lipinski definition) is 2. The minimum Gasteiger partial charge on any atom is -0.496 e. The molecule has 26 heavy (non-hydrogen) atoms. The second kappa shape index (κ2) is 8.27. The molecule has 1 aliphatic rings. The number of aliphatic hydroxyl groups excluding tert-OH is 1. The van der Waals surface area contributed by atoms with E-state index < -0.39 is 0 Å². The van der Waals surface area contributed by atoms with E-state index in [2.05, 4.69) is 10.3 Å². The Balaban J connectivity index is 1.72. The Morgan fingerprint density at radius 2 is 2.19 bits per heavy atom. The number of carbonyl (C=O) groups is 1. The summed E-state index contributed by atoms with van der Waals surface area (Å²) in [7, 11) is 1.52. The normalized spacial score (nSPS) is 20.1. The van der Waals surface area contributed by atoms with Crippen molar-refractivity contribution in [3.05, 3.63) is 59.7 Å². The van der Waals surface area contributed by atoms with Crippen LogP contribution >= 0.6 is 0 Å². The molecular weight excluding hydrogens is 335 g/mol. The third-order valence-corrected chi connectivity index (χ3v) is 4.80. The second-order valence-electron chi connectivity index (χ2n) is 6.64. The summed E-state index contributed by atoms with van der Waals surface area (Å²) in [5.74, 6) is 0.0732. The number of pyridine rings is 1. The third-order valence-electron chi connectivity index (χ3n) is 4.80. The van der Waals surface area contributed by atoms with Crippen molar-refractivity contribution in [2.75, 3.05) is 7.11 Å². The first-order chi connectivity index (χ1) is 12.6. The zero-order chi connectivity index (χ0) is 18.5. The van der Waals surface area contributed by atoms with Gasteiger partial charge in [0.1, 0.15) is 11.6 Å². The molecule has 1 heterocycles. The number of ether oxygens (including phenoxy) is 1. The van der Waals surface area contributed by atoms with Crippen LogP contribution in [0.1, 0.15) is 36.6 Å². The first-order valence-corrected chi connectivity index (χ1v) is 8.77. The van der Waals surface area contributed by atoms with Crippen LogP contribution in [-0.2, 0) is 11.2 Å². The summed E-state index contributed by atoms with van der Waals surface area (Å²) in [5, 5.41) is 12.7. The maximum Gasteiger partial charge on any atom is 0.220 e. The number of nitrogens with one attached hydrogen (secondary N) is 1. The van der Waals surface area contributed by atoms with Gasteiger partial charge in [0.05, 0.1) is 19.3 Å². The fraction of sp³-hybridized carbons (Fsp3) is 0.400. The summed E-state index contributed by atoms with van der Waals surface area (Å²) < 4.78 is 19.1. The molecule has 1 fully saturated rings. The molecule has 6 heteroatoms. The number of nitrogens with zero attached hydrogens (tertiary/aromatic N) is 1. The minimum absolute atomic E-state index is 0.0551. The first kappa shape index (κ1) is 18.3. The Morgan fingerprint density at radius 3 is 2.85 bits per heavy atom. The number of aromatic nitrogens is 1. The number of halogens is 1. The van der Waals surface area contributed by atoms with E-state index in [9.17, 15) is 14.3 Å². The van der Waals surface area contributed by atoms with Crippen LogP contribution in [0.15, 0.2) is 42.6 Å². The Hall–Kier alpha value is -2.47. The second-order valence-corrected chi connectivity index (χ2v) is 6.64. The third kappa shape index (κ3) is 4.38. The van der Waals surface area contributed by atoms with Gasteiger partial charge in [-0.25, -0.2) is 4.39 Å². The van der Waals surface area contributed by atoms with Crippen LogP contribution in [0.3, 0.4) is 0 Å². The van der Waals surface area contributed by atoms with Crippen molar-refractivity contribution in [3.63, 3.8) is 0 Å². The molecular formula is C20H23FN2O3. The highest BCUT2D eigenvalue weighted by molar-refractivity contribution is 5.76. The molecule has 0 spiro atoms. The molecule has 1 aromatic carbocycles. The summed E-state index contributed by atoms with van der Waals surface area (Å²) in [5.41, 5.74) is 1.46. The lowest BCUT2D eigenvalue weighted by molar-refractivity contribution is -0.123. The van der Waals surface area contributed by atoms with Crippen LogP contribution in [0, 0.1) is 11.7 Å². The first-order valence-electron chi connectivity index (χ1n) is 8.77. The maximum absolute atomic E-state index is 13.8. The monoisotopic (exact) mass is 358 g/mol. The molecule has 1 atom stereocenters. The number of hydrogen-bond acceptors (Lipinski definition) is 4. The summed E-state index contributed by atoms with van der Waals surface area (Å²) in [6.07, 6.45) is 3.31. The highest BCUT2D eigenvalue weighted by Gasteiger charge is 2.37. The molecule has 5 nitrogen and oxygen atoms in total. The number of aliphatic hydroxyl groups is 1.